The number of benzene rings is 2. The van der Waals surface area contributed by atoms with Crippen LogP contribution < -0.4 is 5.32 Å². The van der Waals surface area contributed by atoms with Crippen LogP contribution in [0.15, 0.2) is 54.6 Å². The van der Waals surface area contributed by atoms with Crippen LogP contribution in [0.3, 0.4) is 0 Å². The van der Waals surface area contributed by atoms with Gasteiger partial charge in [0.1, 0.15) is 0 Å². The average molecular weight is 276 g/mol. The van der Waals surface area contributed by atoms with Gasteiger partial charge in [-0.25, -0.2) is 4.98 Å². The number of para-hydroxylation sites is 2. The van der Waals surface area contributed by atoms with Crippen LogP contribution in [0.25, 0.3) is 11.0 Å². The maximum Gasteiger partial charge on any atom is 0.201 e. The first kappa shape index (κ1) is 13.2. The summed E-state index contributed by atoms with van der Waals surface area (Å²) in [5, 5.41) is 12.2. The normalized spacial score (nSPS) is 12.0. The zero-order chi connectivity index (χ0) is 14.5. The fourth-order valence-electron chi connectivity index (χ4n) is 2.40. The second kappa shape index (κ2) is 6.10. The highest BCUT2D eigenvalue weighted by Gasteiger charge is 2.12. The topological polar surface area (TPSA) is 64.5 Å². The van der Waals surface area contributed by atoms with E-state index in [1.807, 2.05) is 42.5 Å². The maximum atomic E-state index is 8.84. The molecular formula is C17H16N4. The summed E-state index contributed by atoms with van der Waals surface area (Å²) < 4.78 is 0. The largest absolute Gasteiger partial charge is 0.349 e. The molecular weight excluding hydrogens is 260 g/mol. The molecule has 0 aliphatic carbocycles. The molecule has 0 aliphatic heterocycles. The van der Waals surface area contributed by atoms with E-state index >= 15 is 0 Å². The third kappa shape index (κ3) is 3.03. The molecule has 0 fully saturated rings. The van der Waals surface area contributed by atoms with Gasteiger partial charge in [0.05, 0.1) is 23.1 Å². The van der Waals surface area contributed by atoms with Gasteiger partial charge in [-0.1, -0.05) is 42.5 Å². The van der Waals surface area contributed by atoms with E-state index in [9.17, 15) is 0 Å². The molecule has 21 heavy (non-hydrogen) atoms. The van der Waals surface area contributed by atoms with E-state index in [4.69, 9.17) is 5.26 Å². The van der Waals surface area contributed by atoms with Crippen LogP contribution in [0, 0.1) is 11.3 Å². The van der Waals surface area contributed by atoms with Gasteiger partial charge in [0, 0.05) is 6.42 Å². The van der Waals surface area contributed by atoms with Gasteiger partial charge < -0.3 is 10.3 Å². The minimum absolute atomic E-state index is 0.0754. The molecule has 0 amide bonds. The molecule has 4 nitrogen and oxygen atoms in total. The number of aromatic nitrogens is 2. The van der Waals surface area contributed by atoms with Crippen LogP contribution in [0.2, 0.25) is 0 Å². The number of rotatable bonds is 5. The fourth-order valence-corrected chi connectivity index (χ4v) is 2.40. The highest BCUT2D eigenvalue weighted by molar-refractivity contribution is 5.77. The standard InChI is InChI=1S/C17H16N4/c18-12-6-11-14(13-7-2-1-3-8-13)19-17-20-15-9-4-5-10-16(15)21-17/h1-5,7-10,14H,6,11H2,(H2,19,20,21). The van der Waals surface area contributed by atoms with Crippen LogP contribution in [0.5, 0.6) is 0 Å². The first-order chi connectivity index (χ1) is 10.4. The number of fused-ring (bicyclic) bond motifs is 1. The summed E-state index contributed by atoms with van der Waals surface area (Å²) in [6.07, 6.45) is 1.25. The Morgan fingerprint density at radius 2 is 1.86 bits per heavy atom. The van der Waals surface area contributed by atoms with E-state index in [0.717, 1.165) is 29.0 Å². The Labute approximate surface area is 123 Å². The average Bonchev–Trinajstić information content (AvgIpc) is 2.94. The maximum absolute atomic E-state index is 8.84. The minimum atomic E-state index is 0.0754. The molecule has 3 rings (SSSR count). The number of imidazole rings is 1. The number of hydrogen-bond acceptors (Lipinski definition) is 3. The lowest BCUT2D eigenvalue weighted by Crippen LogP contribution is -2.11. The number of nitrogens with zero attached hydrogens (tertiary/aromatic N) is 2. The van der Waals surface area contributed by atoms with Gasteiger partial charge in [-0.15, -0.1) is 0 Å². The van der Waals surface area contributed by atoms with Crippen molar-refractivity contribution in [1.29, 1.82) is 5.26 Å². The van der Waals surface area contributed by atoms with Crippen LogP contribution >= 0.6 is 0 Å². The van der Waals surface area contributed by atoms with Gasteiger partial charge in [-0.2, -0.15) is 5.26 Å². The third-order valence-electron chi connectivity index (χ3n) is 3.45. The molecule has 0 saturated carbocycles. The molecule has 1 aromatic heterocycles. The molecule has 2 aromatic carbocycles. The lowest BCUT2D eigenvalue weighted by Gasteiger charge is -2.17. The fraction of sp³-hybridized carbons (Fsp3) is 0.176. The van der Waals surface area contributed by atoms with Gasteiger partial charge in [0.25, 0.3) is 0 Å². The Balaban J connectivity index is 1.85. The SMILES string of the molecule is N#CCCC(Nc1nc2ccccc2[nH]1)c1ccccc1. The van der Waals surface area contributed by atoms with E-state index in [2.05, 4.69) is 33.5 Å². The second-order valence-corrected chi connectivity index (χ2v) is 4.91. The van der Waals surface area contributed by atoms with E-state index < -0.39 is 0 Å². The van der Waals surface area contributed by atoms with Crippen molar-refractivity contribution in [3.8, 4) is 6.07 Å². The molecule has 0 spiro atoms. The number of aromatic amines is 1. The Kier molecular flexibility index (Phi) is 3.83. The predicted octanol–water partition coefficient (Wildman–Crippen LogP) is 4.02. The van der Waals surface area contributed by atoms with Crippen molar-refractivity contribution in [2.45, 2.75) is 18.9 Å². The number of nitriles is 1. The molecule has 1 heterocycles. The monoisotopic (exact) mass is 276 g/mol. The van der Waals surface area contributed by atoms with Crippen molar-refractivity contribution in [3.05, 3.63) is 60.2 Å². The molecule has 0 aliphatic rings. The van der Waals surface area contributed by atoms with Crippen LogP contribution in [-0.4, -0.2) is 9.97 Å². The Morgan fingerprint density at radius 3 is 2.62 bits per heavy atom. The summed E-state index contributed by atoms with van der Waals surface area (Å²) in [6, 6.07) is 20.4. The highest BCUT2D eigenvalue weighted by atomic mass is 15.1. The van der Waals surface area contributed by atoms with Gasteiger partial charge >= 0.3 is 0 Å². The highest BCUT2D eigenvalue weighted by Crippen LogP contribution is 2.23. The second-order valence-electron chi connectivity index (χ2n) is 4.91. The van der Waals surface area contributed by atoms with Gasteiger partial charge in [0.2, 0.25) is 5.95 Å². The summed E-state index contributed by atoms with van der Waals surface area (Å²) in [4.78, 5) is 7.80. The number of anilines is 1. The first-order valence-electron chi connectivity index (χ1n) is 7.00. The quantitative estimate of drug-likeness (QED) is 0.739. The molecule has 1 unspecified atom stereocenters. The summed E-state index contributed by atoms with van der Waals surface area (Å²) in [5.74, 6) is 0.739. The van der Waals surface area contributed by atoms with Crippen LogP contribution in [0.4, 0.5) is 5.95 Å². The molecule has 0 bridgehead atoms. The summed E-state index contributed by atoms with van der Waals surface area (Å²) in [7, 11) is 0. The number of nitrogens with one attached hydrogen (secondary N) is 2. The summed E-state index contributed by atoms with van der Waals surface area (Å²) in [5.41, 5.74) is 3.10. The lowest BCUT2D eigenvalue weighted by atomic mass is 10.0. The zero-order valence-corrected chi connectivity index (χ0v) is 11.6. The Bertz CT molecular complexity index is 722. The minimum Gasteiger partial charge on any atom is -0.349 e. The van der Waals surface area contributed by atoms with E-state index in [0.29, 0.717) is 6.42 Å². The molecule has 0 radical (unpaired) electrons. The molecule has 104 valence electrons. The van der Waals surface area contributed by atoms with Gasteiger partial charge in [-0.05, 0) is 24.1 Å². The van der Waals surface area contributed by atoms with Crippen molar-refractivity contribution >= 4 is 17.0 Å². The molecule has 1 atom stereocenters. The van der Waals surface area contributed by atoms with E-state index in [1.165, 1.54) is 0 Å². The molecule has 3 aromatic rings. The van der Waals surface area contributed by atoms with Crippen molar-refractivity contribution in [1.82, 2.24) is 9.97 Å². The third-order valence-corrected chi connectivity index (χ3v) is 3.45. The van der Waals surface area contributed by atoms with Crippen molar-refractivity contribution in [3.63, 3.8) is 0 Å². The lowest BCUT2D eigenvalue weighted by molar-refractivity contribution is 0.703. The molecule has 2 N–H and O–H groups in total. The van der Waals surface area contributed by atoms with Gasteiger partial charge in [-0.3, -0.25) is 0 Å². The van der Waals surface area contributed by atoms with Crippen LogP contribution in [0.1, 0.15) is 24.4 Å². The molecule has 4 heteroatoms. The Hall–Kier alpha value is -2.80. The number of hydrogen-bond donors (Lipinski definition) is 2. The van der Waals surface area contributed by atoms with Crippen LogP contribution in [-0.2, 0) is 0 Å². The zero-order valence-electron chi connectivity index (χ0n) is 11.6. The van der Waals surface area contributed by atoms with Crippen molar-refractivity contribution < 1.29 is 0 Å². The van der Waals surface area contributed by atoms with Crippen molar-refractivity contribution in [2.75, 3.05) is 5.32 Å². The van der Waals surface area contributed by atoms with E-state index in [1.54, 1.807) is 0 Å². The van der Waals surface area contributed by atoms with E-state index in [-0.39, 0.29) is 6.04 Å². The smallest absolute Gasteiger partial charge is 0.201 e. The summed E-state index contributed by atoms with van der Waals surface area (Å²) >= 11 is 0. The summed E-state index contributed by atoms with van der Waals surface area (Å²) in [6.45, 7) is 0. The van der Waals surface area contributed by atoms with Gasteiger partial charge in [0.15, 0.2) is 0 Å². The predicted molar refractivity (Wildman–Crippen MR) is 83.7 cm³/mol. The Morgan fingerprint density at radius 1 is 1.10 bits per heavy atom. The first-order valence-corrected chi connectivity index (χ1v) is 7.00. The number of H-pyrrole nitrogens is 1. The van der Waals surface area contributed by atoms with Crippen molar-refractivity contribution in [2.24, 2.45) is 0 Å². The molecule has 0 saturated heterocycles.